The molecular formula is C21H21FN4O. The highest BCUT2D eigenvalue weighted by molar-refractivity contribution is 6.03. The van der Waals surface area contributed by atoms with Crippen molar-refractivity contribution in [2.45, 2.75) is 19.8 Å². The third-order valence-electron chi connectivity index (χ3n) is 3.91. The Kier molecular flexibility index (Phi) is 6.10. The van der Waals surface area contributed by atoms with Crippen molar-refractivity contribution in [2.24, 2.45) is 0 Å². The number of anilines is 2. The number of halogens is 1. The van der Waals surface area contributed by atoms with Gasteiger partial charge in [0.15, 0.2) is 5.82 Å². The topological polar surface area (TPSA) is 66.9 Å². The van der Waals surface area contributed by atoms with Gasteiger partial charge in [0.05, 0.1) is 0 Å². The summed E-state index contributed by atoms with van der Waals surface area (Å²) in [4.78, 5) is 21.5. The summed E-state index contributed by atoms with van der Waals surface area (Å²) in [6.45, 7) is 2.86. The lowest BCUT2D eigenvalue weighted by Crippen LogP contribution is -2.16. The molecule has 2 aromatic carbocycles. The molecule has 2 N–H and O–H groups in total. The molecule has 6 heteroatoms. The Balaban J connectivity index is 1.90. The fourth-order valence-corrected chi connectivity index (χ4v) is 2.53. The summed E-state index contributed by atoms with van der Waals surface area (Å²) >= 11 is 0. The number of nitrogens with one attached hydrogen (secondary N) is 2. The molecule has 0 aliphatic carbocycles. The number of rotatable bonds is 7. The number of hydrogen-bond donors (Lipinski definition) is 2. The van der Waals surface area contributed by atoms with Crippen molar-refractivity contribution in [1.82, 2.24) is 9.97 Å². The van der Waals surface area contributed by atoms with Gasteiger partial charge in [-0.2, -0.15) is 0 Å². The zero-order valence-corrected chi connectivity index (χ0v) is 15.1. The maximum Gasteiger partial charge on any atom is 0.274 e. The van der Waals surface area contributed by atoms with Crippen molar-refractivity contribution >= 4 is 17.4 Å². The standard InChI is InChI=1S/C21H21FN4O/c1-2-3-12-23-19-14-18(21(27)24-17-11-7-10-16(22)13-17)25-20(26-19)15-8-5-4-6-9-15/h4-11,13-14H,2-3,12H2,1H3,(H,24,27)(H,23,25,26). The number of carbonyl (C=O) groups excluding carboxylic acids is 1. The molecule has 27 heavy (non-hydrogen) atoms. The number of aromatic nitrogens is 2. The molecule has 0 atom stereocenters. The molecule has 0 spiro atoms. The molecule has 0 bridgehead atoms. The molecule has 0 aliphatic heterocycles. The fourth-order valence-electron chi connectivity index (χ4n) is 2.53. The quantitative estimate of drug-likeness (QED) is 0.594. The minimum atomic E-state index is -0.418. The maximum absolute atomic E-state index is 13.4. The molecular weight excluding hydrogens is 343 g/mol. The second-order valence-corrected chi connectivity index (χ2v) is 6.07. The van der Waals surface area contributed by atoms with Crippen LogP contribution in [0.5, 0.6) is 0 Å². The molecule has 5 nitrogen and oxygen atoms in total. The van der Waals surface area contributed by atoms with Gasteiger partial charge in [0.25, 0.3) is 5.91 Å². The highest BCUT2D eigenvalue weighted by Gasteiger charge is 2.13. The lowest BCUT2D eigenvalue weighted by Gasteiger charge is -2.10. The maximum atomic E-state index is 13.4. The van der Waals surface area contributed by atoms with E-state index in [-0.39, 0.29) is 5.69 Å². The Morgan fingerprint density at radius 1 is 1.04 bits per heavy atom. The van der Waals surface area contributed by atoms with Crippen LogP contribution in [0, 0.1) is 5.82 Å². The van der Waals surface area contributed by atoms with Crippen LogP contribution in [0.2, 0.25) is 0 Å². The van der Waals surface area contributed by atoms with E-state index in [1.54, 1.807) is 12.1 Å². The molecule has 138 valence electrons. The Labute approximate surface area is 157 Å². The number of nitrogens with zero attached hydrogens (tertiary/aromatic N) is 2. The SMILES string of the molecule is CCCCNc1cc(C(=O)Nc2cccc(F)c2)nc(-c2ccccc2)n1. The first kappa shape index (κ1) is 18.5. The van der Waals surface area contributed by atoms with Gasteiger partial charge in [0, 0.05) is 23.9 Å². The van der Waals surface area contributed by atoms with E-state index < -0.39 is 11.7 Å². The van der Waals surface area contributed by atoms with E-state index in [1.807, 2.05) is 30.3 Å². The van der Waals surface area contributed by atoms with Crippen LogP contribution in [-0.2, 0) is 0 Å². The summed E-state index contributed by atoms with van der Waals surface area (Å²) in [5.74, 6) is 0.212. The molecule has 0 saturated heterocycles. The van der Waals surface area contributed by atoms with Crippen LogP contribution in [0.15, 0.2) is 60.7 Å². The minimum Gasteiger partial charge on any atom is -0.370 e. The third kappa shape index (κ3) is 5.10. The molecule has 0 radical (unpaired) electrons. The monoisotopic (exact) mass is 364 g/mol. The van der Waals surface area contributed by atoms with E-state index in [2.05, 4.69) is 27.5 Å². The van der Waals surface area contributed by atoms with E-state index in [0.29, 0.717) is 17.3 Å². The molecule has 1 heterocycles. The van der Waals surface area contributed by atoms with Crippen LogP contribution in [0.1, 0.15) is 30.3 Å². The Bertz CT molecular complexity index is 915. The molecule has 0 saturated carbocycles. The van der Waals surface area contributed by atoms with Crippen molar-refractivity contribution in [1.29, 1.82) is 0 Å². The van der Waals surface area contributed by atoms with Gasteiger partial charge in [-0.05, 0) is 24.6 Å². The van der Waals surface area contributed by atoms with Crippen LogP contribution >= 0.6 is 0 Å². The van der Waals surface area contributed by atoms with E-state index in [1.165, 1.54) is 18.2 Å². The first-order valence-corrected chi connectivity index (χ1v) is 8.91. The summed E-state index contributed by atoms with van der Waals surface area (Å²) in [7, 11) is 0. The van der Waals surface area contributed by atoms with Gasteiger partial charge in [0.1, 0.15) is 17.3 Å². The van der Waals surface area contributed by atoms with Crippen molar-refractivity contribution in [2.75, 3.05) is 17.2 Å². The van der Waals surface area contributed by atoms with Crippen LogP contribution < -0.4 is 10.6 Å². The number of carbonyl (C=O) groups is 1. The summed E-state index contributed by atoms with van der Waals surface area (Å²) < 4.78 is 13.4. The van der Waals surface area contributed by atoms with Gasteiger partial charge in [-0.15, -0.1) is 0 Å². The van der Waals surface area contributed by atoms with E-state index in [0.717, 1.165) is 24.9 Å². The highest BCUT2D eigenvalue weighted by atomic mass is 19.1. The van der Waals surface area contributed by atoms with E-state index in [4.69, 9.17) is 0 Å². The smallest absolute Gasteiger partial charge is 0.274 e. The van der Waals surface area contributed by atoms with Crippen LogP contribution in [0.3, 0.4) is 0 Å². The number of hydrogen-bond acceptors (Lipinski definition) is 4. The molecule has 1 amide bonds. The lowest BCUT2D eigenvalue weighted by atomic mass is 10.2. The first-order valence-electron chi connectivity index (χ1n) is 8.91. The van der Waals surface area contributed by atoms with E-state index >= 15 is 0 Å². The third-order valence-corrected chi connectivity index (χ3v) is 3.91. The van der Waals surface area contributed by atoms with E-state index in [9.17, 15) is 9.18 Å². The van der Waals surface area contributed by atoms with Crippen LogP contribution in [0.25, 0.3) is 11.4 Å². The minimum absolute atomic E-state index is 0.215. The van der Waals surface area contributed by atoms with Crippen molar-refractivity contribution < 1.29 is 9.18 Å². The number of benzene rings is 2. The molecule has 0 unspecified atom stereocenters. The Hall–Kier alpha value is -3.28. The molecule has 3 aromatic rings. The van der Waals surface area contributed by atoms with Gasteiger partial charge in [-0.25, -0.2) is 14.4 Å². The number of unbranched alkanes of at least 4 members (excludes halogenated alkanes) is 1. The summed E-state index contributed by atoms with van der Waals surface area (Å²) in [5.41, 5.74) is 1.41. The Morgan fingerprint density at radius 3 is 2.59 bits per heavy atom. The van der Waals surface area contributed by atoms with Gasteiger partial charge < -0.3 is 10.6 Å². The normalized spacial score (nSPS) is 10.4. The fraction of sp³-hybridized carbons (Fsp3) is 0.190. The molecule has 1 aromatic heterocycles. The first-order chi connectivity index (χ1) is 13.2. The largest absolute Gasteiger partial charge is 0.370 e. The highest BCUT2D eigenvalue weighted by Crippen LogP contribution is 2.19. The predicted octanol–water partition coefficient (Wildman–Crippen LogP) is 4.75. The van der Waals surface area contributed by atoms with Gasteiger partial charge in [-0.3, -0.25) is 4.79 Å². The van der Waals surface area contributed by atoms with Crippen LogP contribution in [-0.4, -0.2) is 22.4 Å². The molecule has 0 fully saturated rings. The van der Waals surface area contributed by atoms with Gasteiger partial charge >= 0.3 is 0 Å². The second kappa shape index (κ2) is 8.89. The zero-order valence-electron chi connectivity index (χ0n) is 15.1. The predicted molar refractivity (Wildman–Crippen MR) is 105 cm³/mol. The van der Waals surface area contributed by atoms with Crippen molar-refractivity contribution in [3.05, 3.63) is 72.2 Å². The zero-order chi connectivity index (χ0) is 19.1. The average molecular weight is 364 g/mol. The summed E-state index contributed by atoms with van der Waals surface area (Å²) in [6, 6.07) is 16.8. The van der Waals surface area contributed by atoms with Gasteiger partial charge in [-0.1, -0.05) is 49.7 Å². The lowest BCUT2D eigenvalue weighted by molar-refractivity contribution is 0.102. The second-order valence-electron chi connectivity index (χ2n) is 6.07. The summed E-state index contributed by atoms with van der Waals surface area (Å²) in [6.07, 6.45) is 2.05. The number of amides is 1. The van der Waals surface area contributed by atoms with Crippen LogP contribution in [0.4, 0.5) is 15.9 Å². The summed E-state index contributed by atoms with van der Waals surface area (Å²) in [5, 5.41) is 5.91. The van der Waals surface area contributed by atoms with Crippen molar-refractivity contribution in [3.8, 4) is 11.4 Å². The average Bonchev–Trinajstić information content (AvgIpc) is 2.69. The van der Waals surface area contributed by atoms with Crippen molar-refractivity contribution in [3.63, 3.8) is 0 Å². The molecule has 0 aliphatic rings. The Morgan fingerprint density at radius 2 is 1.85 bits per heavy atom. The molecule has 3 rings (SSSR count). The van der Waals surface area contributed by atoms with Gasteiger partial charge in [0.2, 0.25) is 0 Å².